The Kier molecular flexibility index (Phi) is 3.61. The van der Waals surface area contributed by atoms with Crippen molar-refractivity contribution in [1.29, 1.82) is 0 Å². The fourth-order valence-corrected chi connectivity index (χ4v) is 1.80. The molecule has 0 saturated heterocycles. The molecule has 16 heavy (non-hydrogen) atoms. The molecule has 0 aromatic carbocycles. The fourth-order valence-electron chi connectivity index (χ4n) is 1.25. The number of thiazole rings is 1. The summed E-state index contributed by atoms with van der Waals surface area (Å²) in [7, 11) is 0. The quantitative estimate of drug-likeness (QED) is 0.880. The van der Waals surface area contributed by atoms with Gasteiger partial charge in [0.1, 0.15) is 0 Å². The number of amides is 1. The van der Waals surface area contributed by atoms with Gasteiger partial charge in [-0.25, -0.2) is 4.98 Å². The van der Waals surface area contributed by atoms with E-state index in [0.717, 1.165) is 5.69 Å². The minimum atomic E-state index is -0.0272. The number of nitrogens with one attached hydrogen (secondary N) is 1. The van der Waals surface area contributed by atoms with Crippen molar-refractivity contribution in [2.45, 2.75) is 12.8 Å². The lowest BCUT2D eigenvalue weighted by Crippen LogP contribution is -2.12. The van der Waals surface area contributed by atoms with Crippen molar-refractivity contribution in [3.8, 4) is 0 Å². The standard InChI is InChI=1S/C11H11N3OS/c15-10(14-11-13-7-8-16-11)5-4-9-3-1-2-6-12-9/h1-3,6-8H,4-5H2,(H,13,14,15). The summed E-state index contributed by atoms with van der Waals surface area (Å²) in [6.07, 6.45) is 4.47. The van der Waals surface area contributed by atoms with E-state index in [2.05, 4.69) is 15.3 Å². The van der Waals surface area contributed by atoms with Gasteiger partial charge in [0.15, 0.2) is 5.13 Å². The van der Waals surface area contributed by atoms with Crippen LogP contribution in [0.5, 0.6) is 0 Å². The van der Waals surface area contributed by atoms with Gasteiger partial charge in [0.05, 0.1) is 0 Å². The molecule has 2 rings (SSSR count). The fraction of sp³-hybridized carbons (Fsp3) is 0.182. The lowest BCUT2D eigenvalue weighted by Gasteiger charge is -2.01. The number of hydrogen-bond acceptors (Lipinski definition) is 4. The highest BCUT2D eigenvalue weighted by Gasteiger charge is 2.04. The van der Waals surface area contributed by atoms with Crippen molar-refractivity contribution < 1.29 is 4.79 Å². The number of hydrogen-bond donors (Lipinski definition) is 1. The van der Waals surface area contributed by atoms with E-state index in [9.17, 15) is 4.79 Å². The first-order valence-corrected chi connectivity index (χ1v) is 5.82. The second-order valence-corrected chi connectivity index (χ2v) is 4.10. The van der Waals surface area contributed by atoms with Gasteiger partial charge < -0.3 is 5.32 Å². The van der Waals surface area contributed by atoms with E-state index in [0.29, 0.717) is 18.0 Å². The van der Waals surface area contributed by atoms with Gasteiger partial charge in [-0.3, -0.25) is 9.78 Å². The molecule has 2 aromatic rings. The van der Waals surface area contributed by atoms with Crippen molar-refractivity contribution in [2.75, 3.05) is 5.32 Å². The van der Waals surface area contributed by atoms with E-state index >= 15 is 0 Å². The third-order valence-corrected chi connectivity index (χ3v) is 2.70. The van der Waals surface area contributed by atoms with Crippen LogP contribution in [0.25, 0.3) is 0 Å². The van der Waals surface area contributed by atoms with Crippen molar-refractivity contribution in [1.82, 2.24) is 9.97 Å². The van der Waals surface area contributed by atoms with Gasteiger partial charge in [-0.1, -0.05) is 6.07 Å². The van der Waals surface area contributed by atoms with Gasteiger partial charge >= 0.3 is 0 Å². The summed E-state index contributed by atoms with van der Waals surface area (Å²) in [6, 6.07) is 5.69. The van der Waals surface area contributed by atoms with Crippen LogP contribution in [0.1, 0.15) is 12.1 Å². The summed E-state index contributed by atoms with van der Waals surface area (Å²) in [6.45, 7) is 0. The highest BCUT2D eigenvalue weighted by Crippen LogP contribution is 2.10. The smallest absolute Gasteiger partial charge is 0.226 e. The Morgan fingerprint density at radius 1 is 1.31 bits per heavy atom. The zero-order valence-electron chi connectivity index (χ0n) is 8.59. The Hall–Kier alpha value is -1.75. The highest BCUT2D eigenvalue weighted by atomic mass is 32.1. The number of carbonyl (C=O) groups excluding carboxylic acids is 1. The van der Waals surface area contributed by atoms with Crippen LogP contribution < -0.4 is 5.32 Å². The van der Waals surface area contributed by atoms with Crippen molar-refractivity contribution in [3.05, 3.63) is 41.7 Å². The molecule has 0 fully saturated rings. The molecule has 0 bridgehead atoms. The average molecular weight is 233 g/mol. The third-order valence-electron chi connectivity index (χ3n) is 2.01. The Morgan fingerprint density at radius 3 is 2.94 bits per heavy atom. The van der Waals surface area contributed by atoms with Crippen LogP contribution in [0.2, 0.25) is 0 Å². The van der Waals surface area contributed by atoms with Gasteiger partial charge in [0.2, 0.25) is 5.91 Å². The SMILES string of the molecule is O=C(CCc1ccccn1)Nc1nccs1. The molecule has 0 radical (unpaired) electrons. The van der Waals surface area contributed by atoms with Crippen LogP contribution in [0.4, 0.5) is 5.13 Å². The predicted octanol–water partition coefficient (Wildman–Crippen LogP) is 2.11. The molecule has 2 aromatic heterocycles. The van der Waals surface area contributed by atoms with E-state index < -0.39 is 0 Å². The summed E-state index contributed by atoms with van der Waals surface area (Å²) in [4.78, 5) is 19.6. The Morgan fingerprint density at radius 2 is 2.25 bits per heavy atom. The minimum Gasteiger partial charge on any atom is -0.302 e. The lowest BCUT2D eigenvalue weighted by atomic mass is 10.2. The number of rotatable bonds is 4. The number of aryl methyl sites for hydroxylation is 1. The zero-order chi connectivity index (χ0) is 11.2. The number of anilines is 1. The minimum absolute atomic E-state index is 0.0272. The molecule has 0 aliphatic carbocycles. The van der Waals surface area contributed by atoms with Gasteiger partial charge in [0.25, 0.3) is 0 Å². The first kappa shape index (κ1) is 10.8. The van der Waals surface area contributed by atoms with Crippen LogP contribution in [0.15, 0.2) is 36.0 Å². The summed E-state index contributed by atoms with van der Waals surface area (Å²) in [5.74, 6) is -0.0272. The predicted molar refractivity (Wildman–Crippen MR) is 63.3 cm³/mol. The van der Waals surface area contributed by atoms with Crippen molar-refractivity contribution in [3.63, 3.8) is 0 Å². The molecular weight excluding hydrogens is 222 g/mol. The molecule has 0 saturated carbocycles. The average Bonchev–Trinajstić information content (AvgIpc) is 2.81. The Labute approximate surface area is 97.4 Å². The van der Waals surface area contributed by atoms with Crippen LogP contribution in [-0.2, 0) is 11.2 Å². The lowest BCUT2D eigenvalue weighted by molar-refractivity contribution is -0.116. The van der Waals surface area contributed by atoms with E-state index in [1.165, 1.54) is 11.3 Å². The molecule has 0 aliphatic rings. The molecule has 1 amide bonds. The molecular formula is C11H11N3OS. The molecule has 4 nitrogen and oxygen atoms in total. The van der Waals surface area contributed by atoms with E-state index in [-0.39, 0.29) is 5.91 Å². The maximum Gasteiger partial charge on any atom is 0.226 e. The Bertz CT molecular complexity index is 442. The number of nitrogens with zero attached hydrogens (tertiary/aromatic N) is 2. The number of pyridine rings is 1. The van der Waals surface area contributed by atoms with Gasteiger partial charge in [-0.15, -0.1) is 11.3 Å². The molecule has 1 N–H and O–H groups in total. The summed E-state index contributed by atoms with van der Waals surface area (Å²) < 4.78 is 0. The van der Waals surface area contributed by atoms with Crippen LogP contribution in [0.3, 0.4) is 0 Å². The largest absolute Gasteiger partial charge is 0.302 e. The third kappa shape index (κ3) is 3.13. The number of carbonyl (C=O) groups is 1. The second-order valence-electron chi connectivity index (χ2n) is 3.21. The normalized spacial score (nSPS) is 10.0. The van der Waals surface area contributed by atoms with Crippen molar-refractivity contribution in [2.24, 2.45) is 0 Å². The topological polar surface area (TPSA) is 54.9 Å². The number of aromatic nitrogens is 2. The van der Waals surface area contributed by atoms with Crippen LogP contribution >= 0.6 is 11.3 Å². The maximum absolute atomic E-state index is 11.5. The first-order chi connectivity index (χ1) is 7.84. The monoisotopic (exact) mass is 233 g/mol. The molecule has 2 heterocycles. The molecule has 0 unspecified atom stereocenters. The maximum atomic E-state index is 11.5. The van der Waals surface area contributed by atoms with Gasteiger partial charge in [-0.05, 0) is 18.6 Å². The summed E-state index contributed by atoms with van der Waals surface area (Å²) >= 11 is 1.41. The highest BCUT2D eigenvalue weighted by molar-refractivity contribution is 7.13. The first-order valence-electron chi connectivity index (χ1n) is 4.94. The zero-order valence-corrected chi connectivity index (χ0v) is 9.41. The molecule has 5 heteroatoms. The van der Waals surface area contributed by atoms with Gasteiger partial charge in [-0.2, -0.15) is 0 Å². The summed E-state index contributed by atoms with van der Waals surface area (Å²) in [5.41, 5.74) is 0.928. The van der Waals surface area contributed by atoms with Crippen LogP contribution in [-0.4, -0.2) is 15.9 Å². The summed E-state index contributed by atoms with van der Waals surface area (Å²) in [5, 5.41) is 5.21. The van der Waals surface area contributed by atoms with Crippen molar-refractivity contribution >= 4 is 22.4 Å². The molecule has 0 atom stereocenters. The molecule has 0 spiro atoms. The molecule has 82 valence electrons. The van der Waals surface area contributed by atoms with E-state index in [1.54, 1.807) is 12.4 Å². The van der Waals surface area contributed by atoms with E-state index in [1.807, 2.05) is 23.6 Å². The van der Waals surface area contributed by atoms with Crippen LogP contribution in [0, 0.1) is 0 Å². The van der Waals surface area contributed by atoms with E-state index in [4.69, 9.17) is 0 Å². The Balaban J connectivity index is 1.80. The second kappa shape index (κ2) is 5.37. The molecule has 0 aliphatic heterocycles. The van der Waals surface area contributed by atoms with Gasteiger partial charge in [0, 0.05) is 29.9 Å².